The number of aromatic nitrogens is 1. The van der Waals surface area contributed by atoms with Gasteiger partial charge in [-0.25, -0.2) is 4.98 Å². The fourth-order valence-electron chi connectivity index (χ4n) is 3.88. The van der Waals surface area contributed by atoms with Crippen LogP contribution in [0.3, 0.4) is 0 Å². The minimum Gasteiger partial charge on any atom is -0.495 e. The maximum absolute atomic E-state index is 12.9. The van der Waals surface area contributed by atoms with Crippen LogP contribution in [0.15, 0.2) is 48.5 Å². The lowest BCUT2D eigenvalue weighted by atomic mass is 10.2. The molecule has 6 nitrogen and oxygen atoms in total. The third-order valence-corrected chi connectivity index (χ3v) is 7.13. The second-order valence-electron chi connectivity index (χ2n) is 7.80. The lowest BCUT2D eigenvalue weighted by Gasteiger charge is -2.37. The van der Waals surface area contributed by atoms with Gasteiger partial charge in [0.15, 0.2) is 11.6 Å². The maximum Gasteiger partial charge on any atom is 0.277 e. The minimum absolute atomic E-state index is 0.182. The third-order valence-electron chi connectivity index (χ3n) is 5.91. The Kier molecular flexibility index (Phi) is 6.20. The molecule has 0 aliphatic carbocycles. The van der Waals surface area contributed by atoms with Crippen molar-refractivity contribution in [2.75, 3.05) is 51.8 Å². The van der Waals surface area contributed by atoms with Crippen LogP contribution in [0.4, 0.5) is 5.69 Å². The number of fused-ring (bicyclic) bond motifs is 1. The number of nitrogens with one attached hydrogen (secondary N) is 1. The second kappa shape index (κ2) is 9.02. The van der Waals surface area contributed by atoms with E-state index in [2.05, 4.69) is 31.0 Å². The summed E-state index contributed by atoms with van der Waals surface area (Å²) in [5.41, 5.74) is 2.13. The molecule has 2 atom stereocenters. The van der Waals surface area contributed by atoms with E-state index in [0.29, 0.717) is 6.54 Å². The molecule has 1 aromatic heterocycles. The van der Waals surface area contributed by atoms with Crippen LogP contribution in [0, 0.1) is 0 Å². The Labute approximate surface area is 181 Å². The smallest absolute Gasteiger partial charge is 0.277 e. The van der Waals surface area contributed by atoms with Gasteiger partial charge in [-0.2, -0.15) is 0 Å². The molecule has 2 heterocycles. The van der Waals surface area contributed by atoms with E-state index in [0.717, 1.165) is 48.1 Å². The van der Waals surface area contributed by atoms with Gasteiger partial charge in [-0.05, 0) is 31.2 Å². The average Bonchev–Trinajstić information content (AvgIpc) is 3.22. The second-order valence-corrected chi connectivity index (χ2v) is 8.87. The van der Waals surface area contributed by atoms with Crippen molar-refractivity contribution in [1.29, 1.82) is 0 Å². The van der Waals surface area contributed by atoms with Gasteiger partial charge in [-0.15, -0.1) is 11.3 Å². The Balaban J connectivity index is 1.34. The molecule has 0 spiro atoms. The molecule has 0 bridgehead atoms. The third kappa shape index (κ3) is 4.27. The number of carbonyl (C=O) groups is 1. The molecule has 2 aromatic carbocycles. The van der Waals surface area contributed by atoms with Gasteiger partial charge in [0.2, 0.25) is 0 Å². The van der Waals surface area contributed by atoms with E-state index >= 15 is 0 Å². The van der Waals surface area contributed by atoms with Crippen molar-refractivity contribution in [2.24, 2.45) is 0 Å². The molecule has 1 amide bonds. The van der Waals surface area contributed by atoms with E-state index < -0.39 is 0 Å². The molecule has 1 N–H and O–H groups in total. The van der Waals surface area contributed by atoms with Crippen molar-refractivity contribution >= 4 is 33.1 Å². The van der Waals surface area contributed by atoms with Crippen LogP contribution in [0.25, 0.3) is 10.2 Å². The summed E-state index contributed by atoms with van der Waals surface area (Å²) in [5.74, 6) is 1.09. The number of anilines is 1. The molecule has 30 heavy (non-hydrogen) atoms. The molecular formula is C23H29N4O2S+. The number of likely N-dealkylation sites (N-methyl/N-ethyl adjacent to an activating group) is 1. The number of hydrogen-bond donors (Lipinski definition) is 1. The fraction of sp³-hybridized carbons (Fsp3) is 0.391. The summed E-state index contributed by atoms with van der Waals surface area (Å²) in [6.45, 7) is 5.74. The van der Waals surface area contributed by atoms with Crippen LogP contribution < -0.4 is 14.5 Å². The van der Waals surface area contributed by atoms with Crippen molar-refractivity contribution in [2.45, 2.75) is 13.0 Å². The first-order chi connectivity index (χ1) is 14.6. The Morgan fingerprint density at radius 2 is 1.83 bits per heavy atom. The predicted molar refractivity (Wildman–Crippen MR) is 122 cm³/mol. The molecule has 1 saturated heterocycles. The Morgan fingerprint density at radius 1 is 1.13 bits per heavy atom. The zero-order valence-corrected chi connectivity index (χ0v) is 18.6. The van der Waals surface area contributed by atoms with Crippen LogP contribution in [0.1, 0.15) is 18.0 Å². The minimum atomic E-state index is 0.182. The molecule has 158 valence electrons. The standard InChI is InChI=1S/C23H28N4O2S/c1-17(23-24-18-8-4-7-11-21(18)30-23)25(2)16-22(28)27-14-12-26(13-15-27)19-9-5-6-10-20(19)29-3/h4-11,17H,12-16H2,1-3H3/p+1/t17-/m1/s1. The summed E-state index contributed by atoms with van der Waals surface area (Å²) in [5, 5.41) is 1.09. The number of hydrogen-bond acceptors (Lipinski definition) is 5. The molecule has 3 aromatic rings. The van der Waals surface area contributed by atoms with Crippen LogP contribution in [0.2, 0.25) is 0 Å². The number of thiazole rings is 1. The summed E-state index contributed by atoms with van der Waals surface area (Å²) in [6, 6.07) is 16.4. The number of para-hydroxylation sites is 3. The van der Waals surface area contributed by atoms with E-state index in [1.807, 2.05) is 41.3 Å². The molecule has 1 unspecified atom stereocenters. The maximum atomic E-state index is 12.9. The number of nitrogens with zero attached hydrogens (tertiary/aromatic N) is 3. The highest BCUT2D eigenvalue weighted by Gasteiger charge is 2.27. The summed E-state index contributed by atoms with van der Waals surface area (Å²) in [6.07, 6.45) is 0. The van der Waals surface area contributed by atoms with Gasteiger partial charge in [-0.3, -0.25) is 4.79 Å². The number of piperazine rings is 1. The number of rotatable bonds is 6. The van der Waals surface area contributed by atoms with E-state index in [9.17, 15) is 4.79 Å². The summed E-state index contributed by atoms with van der Waals surface area (Å²) >= 11 is 1.72. The summed E-state index contributed by atoms with van der Waals surface area (Å²) < 4.78 is 6.69. The Morgan fingerprint density at radius 3 is 2.57 bits per heavy atom. The van der Waals surface area contributed by atoms with Crippen molar-refractivity contribution < 1.29 is 14.4 Å². The molecule has 1 fully saturated rings. The predicted octanol–water partition coefficient (Wildman–Crippen LogP) is 2.23. The van der Waals surface area contributed by atoms with Gasteiger partial charge in [0.05, 0.1) is 30.1 Å². The van der Waals surface area contributed by atoms with Crippen molar-refractivity contribution in [3.63, 3.8) is 0 Å². The quantitative estimate of drug-likeness (QED) is 0.658. The number of benzene rings is 2. The van der Waals surface area contributed by atoms with Crippen molar-refractivity contribution in [3.05, 3.63) is 53.5 Å². The number of carbonyl (C=O) groups excluding carboxylic acids is 1. The first-order valence-corrected chi connectivity index (χ1v) is 11.2. The monoisotopic (exact) mass is 425 g/mol. The van der Waals surface area contributed by atoms with Gasteiger partial charge < -0.3 is 19.4 Å². The number of amides is 1. The lowest BCUT2D eigenvalue weighted by molar-refractivity contribution is -0.902. The van der Waals surface area contributed by atoms with Crippen LogP contribution in [0.5, 0.6) is 5.75 Å². The van der Waals surface area contributed by atoms with Gasteiger partial charge in [-0.1, -0.05) is 24.3 Å². The SMILES string of the molecule is COc1ccccc1N1CCN(C(=O)C[NH+](C)[C@H](C)c2nc3ccccc3s2)CC1. The van der Waals surface area contributed by atoms with Crippen LogP contribution in [-0.2, 0) is 4.79 Å². The number of ether oxygens (including phenoxy) is 1. The Hall–Kier alpha value is -2.64. The van der Waals surface area contributed by atoms with Crippen LogP contribution >= 0.6 is 11.3 Å². The largest absolute Gasteiger partial charge is 0.495 e. The van der Waals surface area contributed by atoms with E-state index in [4.69, 9.17) is 9.72 Å². The van der Waals surface area contributed by atoms with E-state index in [1.165, 1.54) is 9.60 Å². The molecule has 4 rings (SSSR count). The average molecular weight is 426 g/mol. The molecular weight excluding hydrogens is 396 g/mol. The summed E-state index contributed by atoms with van der Waals surface area (Å²) in [7, 11) is 3.78. The van der Waals surface area contributed by atoms with E-state index in [-0.39, 0.29) is 11.9 Å². The highest BCUT2D eigenvalue weighted by molar-refractivity contribution is 7.18. The molecule has 0 saturated carbocycles. The van der Waals surface area contributed by atoms with Gasteiger partial charge >= 0.3 is 0 Å². The molecule has 0 radical (unpaired) electrons. The molecule has 1 aliphatic heterocycles. The first-order valence-electron chi connectivity index (χ1n) is 10.4. The lowest BCUT2D eigenvalue weighted by Crippen LogP contribution is -3.10. The van der Waals surface area contributed by atoms with Crippen molar-refractivity contribution in [1.82, 2.24) is 9.88 Å². The Bertz CT molecular complexity index is 980. The van der Waals surface area contributed by atoms with Crippen LogP contribution in [-0.4, -0.2) is 62.7 Å². The topological polar surface area (TPSA) is 50.1 Å². The van der Waals surface area contributed by atoms with Crippen molar-refractivity contribution in [3.8, 4) is 5.75 Å². The molecule has 1 aliphatic rings. The molecule has 7 heteroatoms. The van der Waals surface area contributed by atoms with Gasteiger partial charge in [0.25, 0.3) is 5.91 Å². The summed E-state index contributed by atoms with van der Waals surface area (Å²) in [4.78, 5) is 23.1. The zero-order chi connectivity index (χ0) is 21.1. The van der Waals surface area contributed by atoms with Gasteiger partial charge in [0, 0.05) is 26.2 Å². The van der Waals surface area contributed by atoms with Gasteiger partial charge in [0.1, 0.15) is 11.8 Å². The highest BCUT2D eigenvalue weighted by Crippen LogP contribution is 2.28. The number of methoxy groups -OCH3 is 1. The fourth-order valence-corrected chi connectivity index (χ4v) is 4.99. The highest BCUT2D eigenvalue weighted by atomic mass is 32.1. The first kappa shape index (κ1) is 20.6. The zero-order valence-electron chi connectivity index (χ0n) is 17.8. The normalized spacial score (nSPS) is 16.5. The van der Waals surface area contributed by atoms with E-state index in [1.54, 1.807) is 18.4 Å². The number of quaternary nitrogens is 1.